The van der Waals surface area contributed by atoms with Gasteiger partial charge in [-0.15, -0.1) is 0 Å². The van der Waals surface area contributed by atoms with Crippen LogP contribution in [0.15, 0.2) is 42.5 Å². The molecule has 1 N–H and O–H groups in total. The zero-order valence-corrected chi connectivity index (χ0v) is 9.79. The Bertz CT molecular complexity index is 512. The zero-order valence-electron chi connectivity index (χ0n) is 9.79. The molecule has 0 unspecified atom stereocenters. The van der Waals surface area contributed by atoms with Crippen molar-refractivity contribution in [3.63, 3.8) is 0 Å². The van der Waals surface area contributed by atoms with Crippen LogP contribution in [0.1, 0.15) is 11.4 Å². The fourth-order valence-electron chi connectivity index (χ4n) is 1.86. The zero-order chi connectivity index (χ0) is 12.4. The molecule has 2 rings (SSSR count). The minimum Gasteiger partial charge on any atom is -0.463 e. The molecule has 0 aliphatic rings. The van der Waals surface area contributed by atoms with Crippen LogP contribution in [0.4, 0.5) is 10.5 Å². The van der Waals surface area contributed by atoms with E-state index in [4.69, 9.17) is 0 Å². The van der Waals surface area contributed by atoms with Gasteiger partial charge in [-0.05, 0) is 38.1 Å². The molecular formula is C13H14N2O2. The van der Waals surface area contributed by atoms with Crippen molar-refractivity contribution >= 4 is 11.8 Å². The predicted octanol–water partition coefficient (Wildman–Crippen LogP) is 3.05. The minimum atomic E-state index is -1.00. The Labute approximate surface area is 99.7 Å². The summed E-state index contributed by atoms with van der Waals surface area (Å²) in [6.45, 7) is 3.76. The van der Waals surface area contributed by atoms with Crippen LogP contribution < -0.4 is 5.01 Å². The lowest BCUT2D eigenvalue weighted by Crippen LogP contribution is -2.36. The Balaban J connectivity index is 2.55. The first-order valence-corrected chi connectivity index (χ1v) is 5.34. The first-order valence-electron chi connectivity index (χ1n) is 5.34. The second kappa shape index (κ2) is 4.33. The Morgan fingerprint density at radius 3 is 2.06 bits per heavy atom. The highest BCUT2D eigenvalue weighted by Gasteiger charge is 2.18. The Morgan fingerprint density at radius 2 is 1.59 bits per heavy atom. The molecule has 0 saturated heterocycles. The second-order valence-electron chi connectivity index (χ2n) is 3.86. The van der Waals surface area contributed by atoms with Crippen LogP contribution in [0, 0.1) is 13.8 Å². The van der Waals surface area contributed by atoms with Crippen LogP contribution in [0.25, 0.3) is 0 Å². The van der Waals surface area contributed by atoms with Crippen molar-refractivity contribution in [3.8, 4) is 0 Å². The normalized spacial score (nSPS) is 10.2. The summed E-state index contributed by atoms with van der Waals surface area (Å²) < 4.78 is 1.68. The van der Waals surface area contributed by atoms with Gasteiger partial charge < -0.3 is 5.11 Å². The third-order valence-electron chi connectivity index (χ3n) is 2.62. The number of benzene rings is 1. The van der Waals surface area contributed by atoms with E-state index in [1.165, 1.54) is 5.01 Å². The van der Waals surface area contributed by atoms with Gasteiger partial charge in [0, 0.05) is 11.4 Å². The van der Waals surface area contributed by atoms with E-state index in [1.54, 1.807) is 16.8 Å². The fourth-order valence-corrected chi connectivity index (χ4v) is 1.86. The average Bonchev–Trinajstić information content (AvgIpc) is 2.62. The van der Waals surface area contributed by atoms with Crippen molar-refractivity contribution in [2.45, 2.75) is 13.8 Å². The van der Waals surface area contributed by atoms with Gasteiger partial charge >= 0.3 is 6.09 Å². The molecule has 0 spiro atoms. The summed E-state index contributed by atoms with van der Waals surface area (Å²) >= 11 is 0. The number of hydrogen-bond donors (Lipinski definition) is 1. The first-order chi connectivity index (χ1) is 8.11. The molecule has 4 heteroatoms. The molecule has 1 aromatic carbocycles. The number of para-hydroxylation sites is 1. The lowest BCUT2D eigenvalue weighted by molar-refractivity contribution is 0.198. The van der Waals surface area contributed by atoms with Crippen molar-refractivity contribution in [2.24, 2.45) is 0 Å². The van der Waals surface area contributed by atoms with E-state index in [0.717, 1.165) is 11.4 Å². The van der Waals surface area contributed by atoms with Crippen LogP contribution in [0.3, 0.4) is 0 Å². The molecule has 0 atom stereocenters. The summed E-state index contributed by atoms with van der Waals surface area (Å²) in [7, 11) is 0. The molecule has 4 nitrogen and oxygen atoms in total. The SMILES string of the molecule is Cc1ccc(C)n1N(C(=O)O)c1ccccc1. The second-order valence-corrected chi connectivity index (χ2v) is 3.86. The van der Waals surface area contributed by atoms with Gasteiger partial charge in [-0.1, -0.05) is 18.2 Å². The van der Waals surface area contributed by atoms with Gasteiger partial charge in [0.05, 0.1) is 5.69 Å². The maximum absolute atomic E-state index is 11.4. The summed E-state index contributed by atoms with van der Waals surface area (Å²) in [4.78, 5) is 11.4. The fraction of sp³-hybridized carbons (Fsp3) is 0.154. The van der Waals surface area contributed by atoms with Crippen LogP contribution in [-0.2, 0) is 0 Å². The predicted molar refractivity (Wildman–Crippen MR) is 66.2 cm³/mol. The Hall–Kier alpha value is -2.23. The third-order valence-corrected chi connectivity index (χ3v) is 2.62. The molecule has 0 fully saturated rings. The van der Waals surface area contributed by atoms with E-state index in [-0.39, 0.29) is 0 Å². The molecular weight excluding hydrogens is 216 g/mol. The van der Waals surface area contributed by atoms with Crippen molar-refractivity contribution in [1.82, 2.24) is 4.68 Å². The van der Waals surface area contributed by atoms with Crippen molar-refractivity contribution in [3.05, 3.63) is 53.9 Å². The minimum absolute atomic E-state index is 0.627. The standard InChI is InChI=1S/C13H14N2O2/c1-10-8-9-11(2)14(10)15(13(16)17)12-6-4-3-5-7-12/h3-9H,1-2H3,(H,16,17). The van der Waals surface area contributed by atoms with Gasteiger partial charge in [-0.25, -0.2) is 4.79 Å². The van der Waals surface area contributed by atoms with E-state index in [2.05, 4.69) is 0 Å². The summed E-state index contributed by atoms with van der Waals surface area (Å²) in [5.41, 5.74) is 2.39. The van der Waals surface area contributed by atoms with Gasteiger partial charge in [0.2, 0.25) is 0 Å². The molecule has 2 aromatic rings. The van der Waals surface area contributed by atoms with Gasteiger partial charge in [-0.3, -0.25) is 4.68 Å². The molecule has 0 aliphatic heterocycles. The number of carboxylic acid groups (broad SMARTS) is 1. The molecule has 17 heavy (non-hydrogen) atoms. The number of nitrogens with zero attached hydrogens (tertiary/aromatic N) is 2. The molecule has 88 valence electrons. The van der Waals surface area contributed by atoms with E-state index in [1.807, 2.05) is 44.2 Å². The van der Waals surface area contributed by atoms with Gasteiger partial charge in [0.1, 0.15) is 0 Å². The summed E-state index contributed by atoms with van der Waals surface area (Å²) in [6.07, 6.45) is -1.00. The number of carbonyl (C=O) groups is 1. The van der Waals surface area contributed by atoms with Crippen molar-refractivity contribution in [2.75, 3.05) is 5.01 Å². The highest BCUT2D eigenvalue weighted by Crippen LogP contribution is 2.18. The highest BCUT2D eigenvalue weighted by molar-refractivity contribution is 5.85. The van der Waals surface area contributed by atoms with Crippen molar-refractivity contribution < 1.29 is 9.90 Å². The maximum Gasteiger partial charge on any atom is 0.431 e. The number of anilines is 1. The number of aromatic nitrogens is 1. The van der Waals surface area contributed by atoms with Crippen molar-refractivity contribution in [1.29, 1.82) is 0 Å². The topological polar surface area (TPSA) is 45.5 Å². The molecule has 1 heterocycles. The maximum atomic E-state index is 11.4. The number of hydrogen-bond acceptors (Lipinski definition) is 1. The number of amides is 1. The lowest BCUT2D eigenvalue weighted by Gasteiger charge is -2.23. The lowest BCUT2D eigenvalue weighted by atomic mass is 10.3. The largest absolute Gasteiger partial charge is 0.463 e. The molecule has 0 aliphatic carbocycles. The summed E-state index contributed by atoms with van der Waals surface area (Å²) in [6, 6.07) is 12.8. The first kappa shape index (κ1) is 11.3. The van der Waals surface area contributed by atoms with Crippen LogP contribution >= 0.6 is 0 Å². The molecule has 0 radical (unpaired) electrons. The summed E-state index contributed by atoms with van der Waals surface area (Å²) in [5, 5.41) is 10.6. The molecule has 1 aromatic heterocycles. The van der Waals surface area contributed by atoms with Gasteiger partial charge in [0.25, 0.3) is 0 Å². The molecule has 0 bridgehead atoms. The van der Waals surface area contributed by atoms with Crippen LogP contribution in [0.2, 0.25) is 0 Å². The molecule has 0 saturated carbocycles. The summed E-state index contributed by atoms with van der Waals surface area (Å²) in [5.74, 6) is 0. The van der Waals surface area contributed by atoms with E-state index in [9.17, 15) is 9.90 Å². The van der Waals surface area contributed by atoms with E-state index < -0.39 is 6.09 Å². The molecule has 1 amide bonds. The van der Waals surface area contributed by atoms with E-state index in [0.29, 0.717) is 5.69 Å². The quantitative estimate of drug-likeness (QED) is 0.861. The van der Waals surface area contributed by atoms with Gasteiger partial charge in [0.15, 0.2) is 0 Å². The number of rotatable bonds is 2. The monoisotopic (exact) mass is 230 g/mol. The van der Waals surface area contributed by atoms with Crippen LogP contribution in [-0.4, -0.2) is 15.9 Å². The Kier molecular flexibility index (Phi) is 2.87. The Morgan fingerprint density at radius 1 is 1.06 bits per heavy atom. The highest BCUT2D eigenvalue weighted by atomic mass is 16.4. The van der Waals surface area contributed by atoms with E-state index >= 15 is 0 Å². The average molecular weight is 230 g/mol. The third kappa shape index (κ3) is 2.01. The smallest absolute Gasteiger partial charge is 0.431 e. The van der Waals surface area contributed by atoms with Gasteiger partial charge in [-0.2, -0.15) is 5.01 Å². The van der Waals surface area contributed by atoms with Crippen LogP contribution in [0.5, 0.6) is 0 Å². The number of aryl methyl sites for hydroxylation is 2.